The number of hydrazine groups is 1. The van der Waals surface area contributed by atoms with Gasteiger partial charge in [-0.25, -0.2) is 0 Å². The van der Waals surface area contributed by atoms with E-state index in [1.54, 1.807) is 18.2 Å². The van der Waals surface area contributed by atoms with Crippen LogP contribution in [0.2, 0.25) is 10.0 Å². The average molecular weight is 301 g/mol. The Balaban J connectivity index is 2.65. The van der Waals surface area contributed by atoms with E-state index >= 15 is 0 Å². The van der Waals surface area contributed by atoms with Crippen molar-refractivity contribution in [3.63, 3.8) is 0 Å². The summed E-state index contributed by atoms with van der Waals surface area (Å²) in [5.74, 6) is 5.24. The topological polar surface area (TPSA) is 38.0 Å². The molecule has 2 nitrogen and oxygen atoms in total. The molecule has 102 valence electrons. The van der Waals surface area contributed by atoms with Crippen LogP contribution >= 0.6 is 23.2 Å². The first kappa shape index (κ1) is 15.6. The summed E-state index contributed by atoms with van der Waals surface area (Å²) in [4.78, 5) is 0. The van der Waals surface area contributed by atoms with Gasteiger partial charge < -0.3 is 0 Å². The molecule has 1 rings (SSSR count). The molecule has 0 amide bonds. The van der Waals surface area contributed by atoms with Gasteiger partial charge in [0.05, 0.1) is 10.0 Å². The highest BCUT2D eigenvalue weighted by Gasteiger charge is 2.28. The molecule has 1 aromatic rings. The summed E-state index contributed by atoms with van der Waals surface area (Å²) in [7, 11) is 0. The van der Waals surface area contributed by atoms with E-state index in [9.17, 15) is 13.2 Å². The molecule has 0 aromatic heterocycles. The number of nitrogens with two attached hydrogens (primary N) is 1. The molecule has 0 heterocycles. The summed E-state index contributed by atoms with van der Waals surface area (Å²) < 4.78 is 36.4. The highest BCUT2D eigenvalue weighted by molar-refractivity contribution is 6.42. The summed E-state index contributed by atoms with van der Waals surface area (Å²) in [5.41, 5.74) is 3.04. The quantitative estimate of drug-likeness (QED) is 0.642. The maximum absolute atomic E-state index is 12.1. The minimum Gasteiger partial charge on any atom is -0.271 e. The predicted octanol–water partition coefficient (Wildman–Crippen LogP) is 3.71. The van der Waals surface area contributed by atoms with Gasteiger partial charge in [-0.15, -0.1) is 0 Å². The first-order chi connectivity index (χ1) is 8.33. The molecule has 0 aliphatic heterocycles. The number of benzene rings is 1. The van der Waals surface area contributed by atoms with E-state index in [2.05, 4.69) is 5.43 Å². The van der Waals surface area contributed by atoms with Crippen LogP contribution in [-0.2, 0) is 6.42 Å². The zero-order chi connectivity index (χ0) is 13.8. The molecule has 3 N–H and O–H groups in total. The summed E-state index contributed by atoms with van der Waals surface area (Å²) in [5, 5.41) is 0.729. The molecule has 1 atom stereocenters. The van der Waals surface area contributed by atoms with E-state index < -0.39 is 18.6 Å². The second kappa shape index (κ2) is 6.61. The Bertz CT molecular complexity index is 396. The Morgan fingerprint density at radius 1 is 1.28 bits per heavy atom. The summed E-state index contributed by atoms with van der Waals surface area (Å²) >= 11 is 11.8. The number of halogens is 5. The van der Waals surface area contributed by atoms with Gasteiger partial charge in [-0.3, -0.25) is 11.3 Å². The van der Waals surface area contributed by atoms with E-state index in [1.807, 2.05) is 0 Å². The highest BCUT2D eigenvalue weighted by Crippen LogP contribution is 2.28. The van der Waals surface area contributed by atoms with Crippen molar-refractivity contribution >= 4 is 23.2 Å². The minimum absolute atomic E-state index is 0.108. The van der Waals surface area contributed by atoms with Crippen molar-refractivity contribution in [3.8, 4) is 0 Å². The maximum Gasteiger partial charge on any atom is 0.389 e. The lowest BCUT2D eigenvalue weighted by Gasteiger charge is -2.17. The van der Waals surface area contributed by atoms with Gasteiger partial charge in [0.15, 0.2) is 0 Å². The lowest BCUT2D eigenvalue weighted by atomic mass is 10.0. The third-order valence-corrected chi connectivity index (χ3v) is 3.37. The molecule has 0 spiro atoms. The van der Waals surface area contributed by atoms with Crippen LogP contribution in [0.15, 0.2) is 18.2 Å². The zero-order valence-electron chi connectivity index (χ0n) is 9.40. The second-order valence-electron chi connectivity index (χ2n) is 3.93. The Kier molecular flexibility index (Phi) is 5.72. The van der Waals surface area contributed by atoms with Gasteiger partial charge in [0.1, 0.15) is 0 Å². The molecule has 0 saturated carbocycles. The number of hydrogen-bond acceptors (Lipinski definition) is 2. The van der Waals surface area contributed by atoms with Crippen molar-refractivity contribution in [1.29, 1.82) is 0 Å². The summed E-state index contributed by atoms with van der Waals surface area (Å²) in [6, 6.07) is 4.53. The van der Waals surface area contributed by atoms with Crippen molar-refractivity contribution in [1.82, 2.24) is 5.43 Å². The predicted molar refractivity (Wildman–Crippen MR) is 66.6 cm³/mol. The van der Waals surface area contributed by atoms with Crippen LogP contribution in [0, 0.1) is 0 Å². The van der Waals surface area contributed by atoms with E-state index in [0.717, 1.165) is 0 Å². The molecular weight excluding hydrogens is 288 g/mol. The minimum atomic E-state index is -4.19. The third-order valence-electron chi connectivity index (χ3n) is 2.51. The van der Waals surface area contributed by atoms with Gasteiger partial charge in [-0.05, 0) is 24.5 Å². The molecule has 1 aromatic carbocycles. The second-order valence-corrected chi connectivity index (χ2v) is 4.72. The summed E-state index contributed by atoms with van der Waals surface area (Å²) in [6.07, 6.45) is -4.89. The smallest absolute Gasteiger partial charge is 0.271 e. The van der Waals surface area contributed by atoms with Gasteiger partial charge in [-0.1, -0.05) is 35.3 Å². The fourth-order valence-electron chi connectivity index (χ4n) is 1.55. The molecule has 18 heavy (non-hydrogen) atoms. The average Bonchev–Trinajstić information content (AvgIpc) is 2.28. The van der Waals surface area contributed by atoms with Crippen LogP contribution < -0.4 is 11.3 Å². The molecule has 0 radical (unpaired) electrons. The van der Waals surface area contributed by atoms with Crippen molar-refractivity contribution in [3.05, 3.63) is 33.8 Å². The van der Waals surface area contributed by atoms with Gasteiger partial charge >= 0.3 is 6.18 Å². The SMILES string of the molecule is NNC(CCC(F)(F)F)Cc1cccc(Cl)c1Cl. The maximum atomic E-state index is 12.1. The van der Waals surface area contributed by atoms with Crippen LogP contribution in [0.5, 0.6) is 0 Å². The molecule has 0 saturated heterocycles. The van der Waals surface area contributed by atoms with E-state index in [0.29, 0.717) is 22.0 Å². The number of hydrogen-bond donors (Lipinski definition) is 2. The monoisotopic (exact) mass is 300 g/mol. The van der Waals surface area contributed by atoms with E-state index in [-0.39, 0.29) is 6.42 Å². The lowest BCUT2D eigenvalue weighted by molar-refractivity contribution is -0.136. The highest BCUT2D eigenvalue weighted by atomic mass is 35.5. The molecule has 0 fully saturated rings. The van der Waals surface area contributed by atoms with Crippen LogP contribution in [0.25, 0.3) is 0 Å². The fraction of sp³-hybridized carbons (Fsp3) is 0.455. The standard InChI is InChI=1S/C11H13Cl2F3N2/c12-9-3-1-2-7(10(9)13)6-8(18-17)4-5-11(14,15)16/h1-3,8,18H,4-6,17H2. The van der Waals surface area contributed by atoms with Crippen LogP contribution in [0.1, 0.15) is 18.4 Å². The Morgan fingerprint density at radius 3 is 2.50 bits per heavy atom. The normalized spacial score (nSPS) is 13.7. The van der Waals surface area contributed by atoms with Gasteiger partial charge in [0, 0.05) is 12.5 Å². The molecule has 7 heteroatoms. The fourth-order valence-corrected chi connectivity index (χ4v) is 1.95. The van der Waals surface area contributed by atoms with Crippen LogP contribution in [0.4, 0.5) is 13.2 Å². The first-order valence-corrected chi connectivity index (χ1v) is 6.05. The third kappa shape index (κ3) is 5.02. The van der Waals surface area contributed by atoms with Gasteiger partial charge in [-0.2, -0.15) is 13.2 Å². The van der Waals surface area contributed by atoms with Crippen molar-refractivity contribution in [2.24, 2.45) is 5.84 Å². The van der Waals surface area contributed by atoms with Gasteiger partial charge in [0.25, 0.3) is 0 Å². The molecule has 0 aliphatic carbocycles. The van der Waals surface area contributed by atoms with Gasteiger partial charge in [0.2, 0.25) is 0 Å². The number of alkyl halides is 3. The van der Waals surface area contributed by atoms with E-state index in [4.69, 9.17) is 29.0 Å². The molecule has 0 bridgehead atoms. The summed E-state index contributed by atoms with van der Waals surface area (Å²) in [6.45, 7) is 0. The molecular formula is C11H13Cl2F3N2. The number of nitrogens with one attached hydrogen (secondary N) is 1. The van der Waals surface area contributed by atoms with Crippen LogP contribution in [-0.4, -0.2) is 12.2 Å². The van der Waals surface area contributed by atoms with Crippen molar-refractivity contribution in [2.75, 3.05) is 0 Å². The molecule has 1 unspecified atom stereocenters. The Hall–Kier alpha value is -0.490. The first-order valence-electron chi connectivity index (χ1n) is 5.29. The zero-order valence-corrected chi connectivity index (χ0v) is 10.9. The van der Waals surface area contributed by atoms with E-state index in [1.165, 1.54) is 0 Å². The van der Waals surface area contributed by atoms with Crippen molar-refractivity contribution in [2.45, 2.75) is 31.5 Å². The Morgan fingerprint density at radius 2 is 1.94 bits per heavy atom. The number of rotatable bonds is 5. The Labute approximate surface area is 113 Å². The van der Waals surface area contributed by atoms with Crippen LogP contribution in [0.3, 0.4) is 0 Å². The lowest BCUT2D eigenvalue weighted by Crippen LogP contribution is -2.37. The van der Waals surface area contributed by atoms with Crippen molar-refractivity contribution < 1.29 is 13.2 Å². The molecule has 0 aliphatic rings. The largest absolute Gasteiger partial charge is 0.389 e.